The van der Waals surface area contributed by atoms with E-state index in [9.17, 15) is 4.79 Å². The number of ketones is 1. The first kappa shape index (κ1) is 19.1. The molecule has 136 valence electrons. The molecule has 0 aliphatic rings. The summed E-state index contributed by atoms with van der Waals surface area (Å²) in [6.45, 7) is 1.55. The lowest BCUT2D eigenvalue weighted by Gasteiger charge is -2.12. The smallest absolute Gasteiger partial charge is 0.175 e. The maximum atomic E-state index is 11.3. The van der Waals surface area contributed by atoms with E-state index in [1.165, 1.54) is 10.5 Å². The van der Waals surface area contributed by atoms with Gasteiger partial charge in [0.05, 0.1) is 0 Å². The summed E-state index contributed by atoms with van der Waals surface area (Å²) in [4.78, 5) is 12.5. The minimum atomic E-state index is 0.0482. The molecule has 3 aromatic carbocycles. The van der Waals surface area contributed by atoms with Gasteiger partial charge < -0.3 is 10.6 Å². The van der Waals surface area contributed by atoms with Crippen molar-refractivity contribution in [3.8, 4) is 0 Å². The van der Waals surface area contributed by atoms with Gasteiger partial charge in [-0.3, -0.25) is 4.79 Å². The predicted molar refractivity (Wildman–Crippen MR) is 119 cm³/mol. The molecule has 0 saturated heterocycles. The Morgan fingerprint density at radius 3 is 2.30 bits per heavy atom. The zero-order valence-corrected chi connectivity index (χ0v) is 16.6. The van der Waals surface area contributed by atoms with Gasteiger partial charge in [-0.2, -0.15) is 0 Å². The number of thiocarbonyl (C=S) groups is 1. The van der Waals surface area contributed by atoms with E-state index in [0.29, 0.717) is 10.7 Å². The van der Waals surface area contributed by atoms with E-state index in [4.69, 9.17) is 12.2 Å². The lowest BCUT2D eigenvalue weighted by molar-refractivity contribution is 0.101. The molecule has 0 saturated carbocycles. The molecule has 0 spiro atoms. The average Bonchev–Trinajstić information content (AvgIpc) is 2.68. The Labute approximate surface area is 169 Å². The molecule has 0 aliphatic heterocycles. The van der Waals surface area contributed by atoms with Gasteiger partial charge in [0.1, 0.15) is 0 Å². The summed E-state index contributed by atoms with van der Waals surface area (Å²) < 4.78 is 0. The van der Waals surface area contributed by atoms with Crippen molar-refractivity contribution in [1.29, 1.82) is 0 Å². The maximum absolute atomic E-state index is 11.3. The highest BCUT2D eigenvalue weighted by atomic mass is 32.2. The van der Waals surface area contributed by atoms with Gasteiger partial charge in [0, 0.05) is 27.6 Å². The van der Waals surface area contributed by atoms with Crippen LogP contribution < -0.4 is 10.6 Å². The normalized spacial score (nSPS) is 10.3. The fourth-order valence-electron chi connectivity index (χ4n) is 2.49. The number of rotatable bonds is 6. The lowest BCUT2D eigenvalue weighted by atomic mass is 10.1. The van der Waals surface area contributed by atoms with Crippen molar-refractivity contribution in [3.63, 3.8) is 0 Å². The summed E-state index contributed by atoms with van der Waals surface area (Å²) in [5.74, 6) is 0.974. The summed E-state index contributed by atoms with van der Waals surface area (Å²) in [6.07, 6.45) is 0. The van der Waals surface area contributed by atoms with Crippen LogP contribution in [0.3, 0.4) is 0 Å². The number of hydrogen-bond donors (Lipinski definition) is 2. The highest BCUT2D eigenvalue weighted by molar-refractivity contribution is 7.98. The van der Waals surface area contributed by atoms with Crippen LogP contribution in [0.2, 0.25) is 0 Å². The van der Waals surface area contributed by atoms with E-state index in [1.807, 2.05) is 30.3 Å². The van der Waals surface area contributed by atoms with Gasteiger partial charge in [-0.25, -0.2) is 0 Å². The fraction of sp³-hybridized carbons (Fsp3) is 0.0909. The van der Waals surface area contributed by atoms with E-state index in [-0.39, 0.29) is 5.78 Å². The molecule has 0 unspecified atom stereocenters. The molecule has 27 heavy (non-hydrogen) atoms. The van der Waals surface area contributed by atoms with E-state index in [1.54, 1.807) is 30.8 Å². The second-order valence-electron chi connectivity index (χ2n) is 6.01. The summed E-state index contributed by atoms with van der Waals surface area (Å²) in [7, 11) is 0. The second kappa shape index (κ2) is 9.35. The third-order valence-electron chi connectivity index (χ3n) is 3.89. The molecule has 3 aromatic rings. The summed E-state index contributed by atoms with van der Waals surface area (Å²) in [5.41, 5.74) is 3.76. The maximum Gasteiger partial charge on any atom is 0.175 e. The van der Waals surface area contributed by atoms with Crippen LogP contribution in [0, 0.1) is 0 Å². The SMILES string of the molecule is CC(=O)c1ccc(NC(=S)Nc2cccc(SCc3ccccc3)c2)cc1. The minimum absolute atomic E-state index is 0.0482. The van der Waals surface area contributed by atoms with Crippen molar-refractivity contribution in [2.75, 3.05) is 10.6 Å². The van der Waals surface area contributed by atoms with Gasteiger partial charge in [0.25, 0.3) is 0 Å². The number of carbonyl (C=O) groups is 1. The van der Waals surface area contributed by atoms with Crippen LogP contribution >= 0.6 is 24.0 Å². The molecule has 2 N–H and O–H groups in total. The van der Waals surface area contributed by atoms with Crippen LogP contribution in [-0.2, 0) is 5.75 Å². The van der Waals surface area contributed by atoms with Crippen molar-refractivity contribution in [1.82, 2.24) is 0 Å². The Hall–Kier alpha value is -2.63. The van der Waals surface area contributed by atoms with Crippen LogP contribution in [0.1, 0.15) is 22.8 Å². The van der Waals surface area contributed by atoms with Crippen LogP contribution in [0.4, 0.5) is 11.4 Å². The number of thioether (sulfide) groups is 1. The summed E-state index contributed by atoms with van der Waals surface area (Å²) >= 11 is 7.18. The van der Waals surface area contributed by atoms with Gasteiger partial charge in [-0.1, -0.05) is 36.4 Å². The number of benzene rings is 3. The molecule has 5 heteroatoms. The van der Waals surface area contributed by atoms with Crippen molar-refractivity contribution in [2.45, 2.75) is 17.6 Å². The Balaban J connectivity index is 1.56. The fourth-order valence-corrected chi connectivity index (χ4v) is 3.63. The van der Waals surface area contributed by atoms with E-state index in [2.05, 4.69) is 47.0 Å². The zero-order chi connectivity index (χ0) is 19.1. The van der Waals surface area contributed by atoms with Crippen LogP contribution in [-0.4, -0.2) is 10.9 Å². The lowest BCUT2D eigenvalue weighted by Crippen LogP contribution is -2.19. The molecule has 0 fully saturated rings. The molecule has 0 bridgehead atoms. The molecule has 0 heterocycles. The van der Waals surface area contributed by atoms with E-state index in [0.717, 1.165) is 17.1 Å². The predicted octanol–water partition coefficient (Wildman–Crippen LogP) is 5.99. The Bertz CT molecular complexity index is 925. The van der Waals surface area contributed by atoms with Crippen molar-refractivity contribution in [2.24, 2.45) is 0 Å². The van der Waals surface area contributed by atoms with Gasteiger partial charge in [-0.05, 0) is 67.2 Å². The number of Topliss-reactive ketones (excluding diaryl/α,β-unsaturated/α-hetero) is 1. The summed E-state index contributed by atoms with van der Waals surface area (Å²) in [5, 5.41) is 6.85. The highest BCUT2D eigenvalue weighted by Crippen LogP contribution is 2.25. The quantitative estimate of drug-likeness (QED) is 0.306. The van der Waals surface area contributed by atoms with Crippen molar-refractivity contribution >= 4 is 46.3 Å². The largest absolute Gasteiger partial charge is 0.332 e. The number of hydrogen-bond acceptors (Lipinski definition) is 3. The third kappa shape index (κ3) is 5.94. The second-order valence-corrected chi connectivity index (χ2v) is 7.47. The summed E-state index contributed by atoms with van der Waals surface area (Å²) in [6, 6.07) is 25.8. The van der Waals surface area contributed by atoms with E-state index >= 15 is 0 Å². The standard InChI is InChI=1S/C22H20N2OS2/c1-16(25)18-10-12-19(13-11-18)23-22(26)24-20-8-5-9-21(14-20)27-15-17-6-3-2-4-7-17/h2-14H,15H2,1H3,(H2,23,24,26). The van der Waals surface area contributed by atoms with Gasteiger partial charge in [-0.15, -0.1) is 11.8 Å². The Kier molecular flexibility index (Phi) is 6.63. The number of anilines is 2. The monoisotopic (exact) mass is 392 g/mol. The Morgan fingerprint density at radius 1 is 0.889 bits per heavy atom. The van der Waals surface area contributed by atoms with Crippen LogP contribution in [0.25, 0.3) is 0 Å². The molecular weight excluding hydrogens is 372 g/mol. The third-order valence-corrected chi connectivity index (χ3v) is 5.16. The topological polar surface area (TPSA) is 41.1 Å². The molecule has 0 amide bonds. The Morgan fingerprint density at radius 2 is 1.59 bits per heavy atom. The highest BCUT2D eigenvalue weighted by Gasteiger charge is 2.03. The van der Waals surface area contributed by atoms with Crippen molar-refractivity contribution < 1.29 is 4.79 Å². The molecule has 0 radical (unpaired) electrons. The molecule has 0 aliphatic carbocycles. The van der Waals surface area contributed by atoms with Gasteiger partial charge in [0.2, 0.25) is 0 Å². The number of nitrogens with one attached hydrogen (secondary N) is 2. The van der Waals surface area contributed by atoms with Crippen molar-refractivity contribution in [3.05, 3.63) is 90.0 Å². The molecule has 0 atom stereocenters. The van der Waals surface area contributed by atoms with Crippen LogP contribution in [0.5, 0.6) is 0 Å². The molecule has 0 aromatic heterocycles. The first-order valence-corrected chi connectivity index (χ1v) is 9.95. The van der Waals surface area contributed by atoms with Crippen LogP contribution in [0.15, 0.2) is 83.8 Å². The zero-order valence-electron chi connectivity index (χ0n) is 14.9. The average molecular weight is 393 g/mol. The molecule has 3 nitrogen and oxygen atoms in total. The van der Waals surface area contributed by atoms with E-state index < -0.39 is 0 Å². The van der Waals surface area contributed by atoms with Gasteiger partial charge in [0.15, 0.2) is 10.9 Å². The first-order valence-electron chi connectivity index (χ1n) is 8.56. The minimum Gasteiger partial charge on any atom is -0.332 e. The first-order chi connectivity index (χ1) is 13.1. The molecular formula is C22H20N2OS2. The molecule has 3 rings (SSSR count). The number of carbonyl (C=O) groups excluding carboxylic acids is 1. The van der Waals surface area contributed by atoms with Gasteiger partial charge >= 0.3 is 0 Å².